The van der Waals surface area contributed by atoms with Gasteiger partial charge in [-0.3, -0.25) is 0 Å². The Morgan fingerprint density at radius 3 is 2.50 bits per heavy atom. The summed E-state index contributed by atoms with van der Waals surface area (Å²) in [6.45, 7) is 2.40. The van der Waals surface area contributed by atoms with Gasteiger partial charge < -0.3 is 5.11 Å². The highest BCUT2D eigenvalue weighted by atomic mass is 32.2. The average molecular weight is 271 g/mol. The lowest BCUT2D eigenvalue weighted by Crippen LogP contribution is -2.29. The average Bonchev–Trinajstić information content (AvgIpc) is 2.35. The number of nitrogens with one attached hydrogen (secondary N) is 1. The van der Waals surface area contributed by atoms with E-state index in [1.165, 1.54) is 0 Å². The molecular weight excluding hydrogens is 250 g/mol. The van der Waals surface area contributed by atoms with Gasteiger partial charge in [-0.2, -0.15) is 0 Å². The second-order valence-electron chi connectivity index (χ2n) is 4.42. The van der Waals surface area contributed by atoms with E-state index in [-0.39, 0.29) is 18.3 Å². The number of hydrogen-bond acceptors (Lipinski definition) is 3. The van der Waals surface area contributed by atoms with Crippen molar-refractivity contribution < 1.29 is 13.5 Å². The third-order valence-electron chi connectivity index (χ3n) is 2.74. The smallest absolute Gasteiger partial charge is 0.212 e. The molecule has 0 fully saturated rings. The van der Waals surface area contributed by atoms with Crippen LogP contribution in [0.1, 0.15) is 31.2 Å². The first-order valence-electron chi connectivity index (χ1n) is 6.18. The molecule has 18 heavy (non-hydrogen) atoms. The van der Waals surface area contributed by atoms with Crippen molar-refractivity contribution in [3.05, 3.63) is 35.9 Å². The fourth-order valence-corrected chi connectivity index (χ4v) is 3.15. The summed E-state index contributed by atoms with van der Waals surface area (Å²) in [6.07, 6.45) is 1.28. The fraction of sp³-hybridized carbons (Fsp3) is 0.538. The van der Waals surface area contributed by atoms with Crippen molar-refractivity contribution in [2.45, 2.75) is 25.7 Å². The Kier molecular flexibility index (Phi) is 6.32. The van der Waals surface area contributed by atoms with Crippen molar-refractivity contribution in [2.24, 2.45) is 0 Å². The van der Waals surface area contributed by atoms with E-state index < -0.39 is 10.0 Å². The molecule has 2 N–H and O–H groups in total. The van der Waals surface area contributed by atoms with Crippen molar-refractivity contribution >= 4 is 10.0 Å². The summed E-state index contributed by atoms with van der Waals surface area (Å²) < 4.78 is 26.2. The molecule has 1 aromatic carbocycles. The van der Waals surface area contributed by atoms with Gasteiger partial charge in [0.25, 0.3) is 0 Å². The van der Waals surface area contributed by atoms with Crippen molar-refractivity contribution in [3.63, 3.8) is 0 Å². The first-order valence-corrected chi connectivity index (χ1v) is 7.83. The van der Waals surface area contributed by atoms with Gasteiger partial charge >= 0.3 is 0 Å². The fourth-order valence-electron chi connectivity index (χ4n) is 1.73. The first kappa shape index (κ1) is 15.1. The third kappa shape index (κ3) is 5.62. The van der Waals surface area contributed by atoms with Crippen LogP contribution < -0.4 is 4.72 Å². The third-order valence-corrected chi connectivity index (χ3v) is 4.33. The molecule has 0 aliphatic rings. The van der Waals surface area contributed by atoms with Crippen LogP contribution in [0.15, 0.2) is 30.3 Å². The van der Waals surface area contributed by atoms with Gasteiger partial charge in [0, 0.05) is 13.2 Å². The molecule has 1 aromatic rings. The zero-order chi connectivity index (χ0) is 13.4. The Hall–Kier alpha value is -0.910. The second-order valence-corrected chi connectivity index (χ2v) is 6.27. The summed E-state index contributed by atoms with van der Waals surface area (Å²) in [5.41, 5.74) is 1.03. The summed E-state index contributed by atoms with van der Waals surface area (Å²) in [5.74, 6) is 0.0670. The lowest BCUT2D eigenvalue weighted by Gasteiger charge is -2.13. The quantitative estimate of drug-likeness (QED) is 0.704. The molecule has 0 heterocycles. The van der Waals surface area contributed by atoms with Gasteiger partial charge in [-0.1, -0.05) is 37.3 Å². The predicted octanol–water partition coefficient (Wildman–Crippen LogP) is 1.48. The molecule has 0 spiro atoms. The van der Waals surface area contributed by atoms with Gasteiger partial charge in [0.05, 0.1) is 5.75 Å². The zero-order valence-electron chi connectivity index (χ0n) is 10.7. The van der Waals surface area contributed by atoms with Crippen molar-refractivity contribution in [3.8, 4) is 0 Å². The SMILES string of the molecule is CC(CS(=O)(=O)NCCCCO)c1ccccc1. The highest BCUT2D eigenvalue weighted by Gasteiger charge is 2.16. The van der Waals surface area contributed by atoms with Crippen LogP contribution in [0.3, 0.4) is 0 Å². The standard InChI is InChI=1S/C13H21NO3S/c1-12(13-7-3-2-4-8-13)11-18(16,17)14-9-5-6-10-15/h2-4,7-8,12,14-15H,5-6,9-11H2,1H3. The van der Waals surface area contributed by atoms with E-state index in [0.717, 1.165) is 5.56 Å². The number of unbranched alkanes of at least 4 members (excludes halogenated alkanes) is 1. The molecule has 0 aliphatic carbocycles. The van der Waals surface area contributed by atoms with E-state index in [9.17, 15) is 8.42 Å². The Labute approximate surface area is 109 Å². The van der Waals surface area contributed by atoms with Crippen molar-refractivity contribution in [1.29, 1.82) is 0 Å². The molecule has 0 bridgehead atoms. The maximum atomic E-state index is 11.8. The number of rotatable bonds is 8. The summed E-state index contributed by atoms with van der Waals surface area (Å²) >= 11 is 0. The Morgan fingerprint density at radius 2 is 1.89 bits per heavy atom. The van der Waals surface area contributed by atoms with Gasteiger partial charge in [0.15, 0.2) is 0 Å². The lowest BCUT2D eigenvalue weighted by molar-refractivity contribution is 0.285. The summed E-state index contributed by atoms with van der Waals surface area (Å²) in [4.78, 5) is 0. The van der Waals surface area contributed by atoms with Crippen LogP contribution in [0.25, 0.3) is 0 Å². The summed E-state index contributed by atoms with van der Waals surface area (Å²) in [5, 5.41) is 8.61. The topological polar surface area (TPSA) is 66.4 Å². The number of sulfonamides is 1. The molecule has 0 saturated carbocycles. The predicted molar refractivity (Wildman–Crippen MR) is 73.0 cm³/mol. The van der Waals surface area contributed by atoms with Gasteiger partial charge in [-0.15, -0.1) is 0 Å². The molecule has 4 nitrogen and oxygen atoms in total. The zero-order valence-corrected chi connectivity index (χ0v) is 11.5. The molecule has 5 heteroatoms. The maximum absolute atomic E-state index is 11.8. The Balaban J connectivity index is 2.45. The van der Waals surface area contributed by atoms with E-state index in [1.54, 1.807) is 0 Å². The molecule has 1 atom stereocenters. The number of benzene rings is 1. The van der Waals surface area contributed by atoms with Crippen LogP contribution >= 0.6 is 0 Å². The van der Waals surface area contributed by atoms with E-state index in [2.05, 4.69) is 4.72 Å². The van der Waals surface area contributed by atoms with Crippen molar-refractivity contribution in [2.75, 3.05) is 18.9 Å². The van der Waals surface area contributed by atoms with E-state index >= 15 is 0 Å². The highest BCUT2D eigenvalue weighted by molar-refractivity contribution is 7.89. The first-order chi connectivity index (χ1) is 8.55. The van der Waals surface area contributed by atoms with E-state index in [4.69, 9.17) is 5.11 Å². The van der Waals surface area contributed by atoms with Crippen LogP contribution in [-0.4, -0.2) is 32.4 Å². The van der Waals surface area contributed by atoms with Crippen LogP contribution in [-0.2, 0) is 10.0 Å². The van der Waals surface area contributed by atoms with Crippen LogP contribution in [0.2, 0.25) is 0 Å². The molecule has 0 aliphatic heterocycles. The van der Waals surface area contributed by atoms with E-state index in [0.29, 0.717) is 19.4 Å². The monoisotopic (exact) mass is 271 g/mol. The van der Waals surface area contributed by atoms with Crippen LogP contribution in [0.5, 0.6) is 0 Å². The summed E-state index contributed by atoms with van der Waals surface area (Å²) in [7, 11) is -3.24. The van der Waals surface area contributed by atoms with Gasteiger partial charge in [-0.05, 0) is 24.3 Å². The maximum Gasteiger partial charge on any atom is 0.212 e. The van der Waals surface area contributed by atoms with Gasteiger partial charge in [0.1, 0.15) is 0 Å². The lowest BCUT2D eigenvalue weighted by atomic mass is 10.0. The minimum Gasteiger partial charge on any atom is -0.396 e. The number of hydrogen-bond donors (Lipinski definition) is 2. The number of aliphatic hydroxyl groups excluding tert-OH is 1. The molecule has 0 radical (unpaired) electrons. The molecule has 1 rings (SSSR count). The van der Waals surface area contributed by atoms with Crippen molar-refractivity contribution in [1.82, 2.24) is 4.72 Å². The van der Waals surface area contributed by atoms with Crippen LogP contribution in [0, 0.1) is 0 Å². The summed E-state index contributed by atoms with van der Waals surface area (Å²) in [6, 6.07) is 9.61. The number of aliphatic hydroxyl groups is 1. The largest absolute Gasteiger partial charge is 0.396 e. The minimum atomic E-state index is -3.24. The normalized spacial score (nSPS) is 13.4. The Bertz CT molecular complexity index is 431. The Morgan fingerprint density at radius 1 is 1.22 bits per heavy atom. The molecule has 102 valence electrons. The van der Waals surface area contributed by atoms with Crippen LogP contribution in [0.4, 0.5) is 0 Å². The molecule has 0 aromatic heterocycles. The molecule has 0 saturated heterocycles. The van der Waals surface area contributed by atoms with Gasteiger partial charge in [0.2, 0.25) is 10.0 Å². The highest BCUT2D eigenvalue weighted by Crippen LogP contribution is 2.16. The van der Waals surface area contributed by atoms with Gasteiger partial charge in [-0.25, -0.2) is 13.1 Å². The molecular formula is C13H21NO3S. The minimum absolute atomic E-state index is 0.0264. The second kappa shape index (κ2) is 7.51. The molecule has 1 unspecified atom stereocenters. The van der Waals surface area contributed by atoms with E-state index in [1.807, 2.05) is 37.3 Å². The molecule has 0 amide bonds.